The molecule has 6 heteroatoms. The second-order valence-corrected chi connectivity index (χ2v) is 11.9. The van der Waals surface area contributed by atoms with Crippen LogP contribution in [0.15, 0.2) is 96.2 Å². The highest BCUT2D eigenvalue weighted by Gasteiger charge is 2.34. The van der Waals surface area contributed by atoms with E-state index in [0.717, 1.165) is 83.7 Å². The first kappa shape index (κ1) is 24.6. The van der Waals surface area contributed by atoms with Gasteiger partial charge in [0.05, 0.1) is 17.8 Å². The molecule has 1 saturated carbocycles. The Morgan fingerprint density at radius 3 is 2.56 bits per heavy atom. The average molecular weight is 539 g/mol. The van der Waals surface area contributed by atoms with Crippen LogP contribution < -0.4 is 5.73 Å². The maximum Gasteiger partial charge on any atom is 0.170 e. The van der Waals surface area contributed by atoms with Crippen LogP contribution in [0.3, 0.4) is 0 Å². The smallest absolute Gasteiger partial charge is 0.170 e. The van der Waals surface area contributed by atoms with Crippen molar-refractivity contribution in [3.63, 3.8) is 0 Å². The molecule has 6 nitrogen and oxygen atoms in total. The molecule has 0 unspecified atom stereocenters. The molecule has 1 aliphatic heterocycles. The van der Waals surface area contributed by atoms with Crippen LogP contribution in [0.1, 0.15) is 49.9 Å². The number of benzene rings is 2. The minimum absolute atomic E-state index is 0.172. The number of hydrogen-bond donors (Lipinski definition) is 1. The summed E-state index contributed by atoms with van der Waals surface area (Å²) in [5.74, 6) is 0.971. The molecule has 5 aromatic rings. The maximum atomic E-state index is 6.61. The monoisotopic (exact) mass is 538 g/mol. The first-order valence-corrected chi connectivity index (χ1v) is 14.9. The summed E-state index contributed by atoms with van der Waals surface area (Å²) in [4.78, 5) is 7.72. The van der Waals surface area contributed by atoms with Gasteiger partial charge in [-0.3, -0.25) is 9.30 Å². The van der Waals surface area contributed by atoms with E-state index in [9.17, 15) is 0 Å². The van der Waals surface area contributed by atoms with Gasteiger partial charge >= 0.3 is 0 Å². The fourth-order valence-corrected chi connectivity index (χ4v) is 6.77. The van der Waals surface area contributed by atoms with Gasteiger partial charge in [-0.05, 0) is 67.4 Å². The predicted octanol–water partition coefficient (Wildman–Crippen LogP) is 6.80. The number of aromatic nitrogens is 4. The highest BCUT2D eigenvalue weighted by atomic mass is 15.3. The van der Waals surface area contributed by atoms with Crippen LogP contribution in [-0.2, 0) is 12.1 Å². The van der Waals surface area contributed by atoms with Crippen LogP contribution in [0, 0.1) is 0 Å². The number of fused-ring (bicyclic) bond motifs is 3. The Morgan fingerprint density at radius 1 is 0.902 bits per heavy atom. The highest BCUT2D eigenvalue weighted by Crippen LogP contribution is 2.40. The Hall–Kier alpha value is -4.13. The molecular formula is C35H34N6. The molecule has 0 spiro atoms. The van der Waals surface area contributed by atoms with E-state index >= 15 is 0 Å². The molecule has 2 aliphatic carbocycles. The second-order valence-electron chi connectivity index (χ2n) is 11.9. The van der Waals surface area contributed by atoms with Gasteiger partial charge in [0.25, 0.3) is 0 Å². The fraction of sp³-hybridized carbons (Fsp3) is 0.286. The van der Waals surface area contributed by atoms with Gasteiger partial charge in [-0.2, -0.15) is 0 Å². The Balaban J connectivity index is 1.19. The lowest BCUT2D eigenvalue weighted by atomic mass is 9.72. The molecular weight excluding hydrogens is 504 g/mol. The maximum absolute atomic E-state index is 6.61. The van der Waals surface area contributed by atoms with E-state index < -0.39 is 0 Å². The SMILES string of the molecule is NC1(c2ccc(-c3nc4ccn5c(CN6CCC7=C(C=CCC7)C6)nnc5c4cc3-c3ccccc3)cc2)CCC1. The lowest BCUT2D eigenvalue weighted by Crippen LogP contribution is -2.43. The van der Waals surface area contributed by atoms with Crippen molar-refractivity contribution in [3.8, 4) is 22.4 Å². The van der Waals surface area contributed by atoms with Gasteiger partial charge in [0.15, 0.2) is 11.5 Å². The van der Waals surface area contributed by atoms with Crippen molar-refractivity contribution in [1.29, 1.82) is 0 Å². The molecule has 4 heterocycles. The summed E-state index contributed by atoms with van der Waals surface area (Å²) in [7, 11) is 0. The minimum atomic E-state index is -0.172. The normalized spacial score (nSPS) is 18.6. The molecule has 2 aromatic carbocycles. The Labute approximate surface area is 240 Å². The number of allylic oxidation sites excluding steroid dienone is 1. The van der Waals surface area contributed by atoms with E-state index in [4.69, 9.17) is 15.8 Å². The quantitative estimate of drug-likeness (QED) is 0.266. The number of pyridine rings is 2. The molecule has 1 fully saturated rings. The third-order valence-electron chi connectivity index (χ3n) is 9.38. The zero-order valence-corrected chi connectivity index (χ0v) is 23.3. The van der Waals surface area contributed by atoms with E-state index in [1.165, 1.54) is 30.4 Å². The third-order valence-corrected chi connectivity index (χ3v) is 9.38. The molecule has 0 amide bonds. The van der Waals surface area contributed by atoms with Crippen molar-refractivity contribution >= 4 is 16.6 Å². The fourth-order valence-electron chi connectivity index (χ4n) is 6.77. The zero-order valence-electron chi connectivity index (χ0n) is 23.3. The lowest BCUT2D eigenvalue weighted by Gasteiger charge is -2.38. The van der Waals surface area contributed by atoms with Crippen molar-refractivity contribution < 1.29 is 0 Å². The Kier molecular flexibility index (Phi) is 5.86. The molecule has 2 N–H and O–H groups in total. The lowest BCUT2D eigenvalue weighted by molar-refractivity contribution is 0.253. The van der Waals surface area contributed by atoms with Crippen LogP contribution in [-0.4, -0.2) is 37.6 Å². The Bertz CT molecular complexity index is 1830. The van der Waals surface area contributed by atoms with Crippen LogP contribution in [0.5, 0.6) is 0 Å². The van der Waals surface area contributed by atoms with Crippen molar-refractivity contribution in [2.75, 3.05) is 13.1 Å². The molecule has 41 heavy (non-hydrogen) atoms. The van der Waals surface area contributed by atoms with Crippen molar-refractivity contribution in [3.05, 3.63) is 108 Å². The molecule has 204 valence electrons. The van der Waals surface area contributed by atoms with Crippen LogP contribution in [0.4, 0.5) is 0 Å². The molecule has 8 rings (SSSR count). The van der Waals surface area contributed by atoms with E-state index in [-0.39, 0.29) is 5.54 Å². The molecule has 0 bridgehead atoms. The molecule has 0 atom stereocenters. The summed E-state index contributed by atoms with van der Waals surface area (Å²) >= 11 is 0. The molecule has 0 saturated heterocycles. The van der Waals surface area contributed by atoms with Gasteiger partial charge in [-0.15, -0.1) is 10.2 Å². The largest absolute Gasteiger partial charge is 0.321 e. The number of hydrogen-bond acceptors (Lipinski definition) is 5. The number of nitrogens with zero attached hydrogens (tertiary/aromatic N) is 5. The highest BCUT2D eigenvalue weighted by molar-refractivity contribution is 5.98. The van der Waals surface area contributed by atoms with Gasteiger partial charge in [0.1, 0.15) is 0 Å². The van der Waals surface area contributed by atoms with Crippen LogP contribution in [0.25, 0.3) is 38.9 Å². The van der Waals surface area contributed by atoms with Crippen molar-refractivity contribution in [1.82, 2.24) is 24.5 Å². The zero-order chi connectivity index (χ0) is 27.4. The average Bonchev–Trinajstić information content (AvgIpc) is 3.42. The first-order valence-electron chi connectivity index (χ1n) is 14.9. The topological polar surface area (TPSA) is 72.3 Å². The number of rotatable bonds is 5. The summed E-state index contributed by atoms with van der Waals surface area (Å²) < 4.78 is 2.15. The first-order chi connectivity index (χ1) is 20.1. The van der Waals surface area contributed by atoms with Crippen LogP contribution >= 0.6 is 0 Å². The number of nitrogens with two attached hydrogens (primary N) is 1. The van der Waals surface area contributed by atoms with Gasteiger partial charge in [0, 0.05) is 41.3 Å². The van der Waals surface area contributed by atoms with Crippen LogP contribution in [0.2, 0.25) is 0 Å². The molecule has 3 aromatic heterocycles. The standard InChI is InChI=1S/C35H34N6/c36-35(17-6-18-35)28-13-11-26(12-14-28)33-29(25-8-2-1-3-9-25)21-30-31(37-33)16-20-41-32(38-39-34(30)41)23-40-19-15-24-7-4-5-10-27(24)22-40/h1-3,5,8-14,16,20-21H,4,6-7,15,17-19,22-23,36H2. The van der Waals surface area contributed by atoms with E-state index in [2.05, 4.69) is 99.5 Å². The summed E-state index contributed by atoms with van der Waals surface area (Å²) in [5.41, 5.74) is 16.8. The van der Waals surface area contributed by atoms with Gasteiger partial charge in [-0.1, -0.05) is 72.3 Å². The molecule has 3 aliphatic rings. The predicted molar refractivity (Wildman–Crippen MR) is 164 cm³/mol. The van der Waals surface area contributed by atoms with E-state index in [1.54, 1.807) is 5.57 Å². The summed E-state index contributed by atoms with van der Waals surface area (Å²) in [6.07, 6.45) is 13.6. The summed E-state index contributed by atoms with van der Waals surface area (Å²) in [6.45, 7) is 2.84. The summed E-state index contributed by atoms with van der Waals surface area (Å²) in [6, 6.07) is 23.6. The van der Waals surface area contributed by atoms with Gasteiger partial charge < -0.3 is 5.73 Å². The summed E-state index contributed by atoms with van der Waals surface area (Å²) in [5, 5.41) is 10.4. The van der Waals surface area contributed by atoms with Crippen molar-refractivity contribution in [2.24, 2.45) is 5.73 Å². The second kappa shape index (κ2) is 9.75. The van der Waals surface area contributed by atoms with Gasteiger partial charge in [-0.25, -0.2) is 4.98 Å². The molecule has 0 radical (unpaired) electrons. The third kappa shape index (κ3) is 4.30. The van der Waals surface area contributed by atoms with Crippen molar-refractivity contribution in [2.45, 2.75) is 50.6 Å². The minimum Gasteiger partial charge on any atom is -0.321 e. The van der Waals surface area contributed by atoms with E-state index in [0.29, 0.717) is 0 Å². The Morgan fingerprint density at radius 2 is 1.76 bits per heavy atom. The van der Waals surface area contributed by atoms with Gasteiger partial charge in [0.2, 0.25) is 0 Å². The van der Waals surface area contributed by atoms with E-state index in [1.807, 2.05) is 0 Å².